The molecule has 2 N–H and O–H groups in total. The molecular weight excluding hydrogens is 479 g/mol. The first kappa shape index (κ1) is 24.7. The van der Waals surface area contributed by atoms with Gasteiger partial charge in [-0.3, -0.25) is 24.1 Å². The summed E-state index contributed by atoms with van der Waals surface area (Å²) in [5, 5.41) is 14.8. The van der Waals surface area contributed by atoms with Gasteiger partial charge in [-0.1, -0.05) is 30.3 Å². The number of hydrogen-bond acceptors (Lipinski definition) is 6. The van der Waals surface area contributed by atoms with Gasteiger partial charge in [-0.05, 0) is 31.4 Å². The number of rotatable bonds is 6. The summed E-state index contributed by atoms with van der Waals surface area (Å²) in [5.74, 6) is -2.96. The Morgan fingerprint density at radius 2 is 2.14 bits per heavy atom. The number of fused-ring (bicyclic) bond motifs is 1. The van der Waals surface area contributed by atoms with Gasteiger partial charge in [0, 0.05) is 32.0 Å². The van der Waals surface area contributed by atoms with Crippen molar-refractivity contribution in [1.29, 1.82) is 0 Å². The van der Waals surface area contributed by atoms with Crippen LogP contribution in [0, 0.1) is 5.82 Å². The van der Waals surface area contributed by atoms with E-state index in [1.54, 1.807) is 11.1 Å². The number of carbonyl (C=O) groups is 2. The van der Waals surface area contributed by atoms with Gasteiger partial charge in [0.05, 0.1) is 17.7 Å². The zero-order valence-electron chi connectivity index (χ0n) is 19.2. The Bertz CT molecular complexity index is 1230. The molecule has 1 aromatic carbocycles. The summed E-state index contributed by atoms with van der Waals surface area (Å²) in [7, 11) is 1.54. The molecule has 1 fully saturated rings. The lowest BCUT2D eigenvalue weighted by Crippen LogP contribution is -2.61. The molecule has 0 aliphatic carbocycles. The maximum atomic E-state index is 14.2. The highest BCUT2D eigenvalue weighted by Crippen LogP contribution is 2.26. The number of ether oxygens (including phenoxy) is 1. The monoisotopic (exact) mass is 504 g/mol. The average molecular weight is 505 g/mol. The number of nitrogens with one attached hydrogen (secondary N) is 1. The SMILES string of the molecule is C=C[C@H]1N(C)C(=O)c2c(O)c(=O)c(C(=O)NCc3cccc(Cl)c3F)cn2N1C[C@@H]1CCCCO1. The first-order valence-corrected chi connectivity index (χ1v) is 11.6. The van der Waals surface area contributed by atoms with Crippen LogP contribution in [0.25, 0.3) is 0 Å². The molecule has 1 aromatic heterocycles. The van der Waals surface area contributed by atoms with E-state index in [2.05, 4.69) is 11.9 Å². The smallest absolute Gasteiger partial charge is 0.278 e. The van der Waals surface area contributed by atoms with Crippen molar-refractivity contribution in [2.24, 2.45) is 0 Å². The minimum atomic E-state index is -1.01. The zero-order valence-corrected chi connectivity index (χ0v) is 19.9. The molecule has 2 atom stereocenters. The average Bonchev–Trinajstić information content (AvgIpc) is 2.85. The van der Waals surface area contributed by atoms with Crippen LogP contribution < -0.4 is 15.8 Å². The third-order valence-corrected chi connectivity index (χ3v) is 6.55. The largest absolute Gasteiger partial charge is 0.502 e. The van der Waals surface area contributed by atoms with Crippen molar-refractivity contribution in [3.8, 4) is 5.75 Å². The van der Waals surface area contributed by atoms with Gasteiger partial charge in [-0.2, -0.15) is 0 Å². The van der Waals surface area contributed by atoms with Crippen molar-refractivity contribution < 1.29 is 23.8 Å². The van der Waals surface area contributed by atoms with Crippen molar-refractivity contribution in [3.63, 3.8) is 0 Å². The van der Waals surface area contributed by atoms with E-state index >= 15 is 0 Å². The summed E-state index contributed by atoms with van der Waals surface area (Å²) in [6.45, 7) is 4.53. The maximum absolute atomic E-state index is 14.2. The first-order chi connectivity index (χ1) is 16.7. The van der Waals surface area contributed by atoms with Crippen LogP contribution >= 0.6 is 11.6 Å². The number of pyridine rings is 1. The Labute approximate surface area is 206 Å². The van der Waals surface area contributed by atoms with Crippen molar-refractivity contribution >= 4 is 23.4 Å². The maximum Gasteiger partial charge on any atom is 0.278 e. The number of benzene rings is 1. The van der Waals surface area contributed by atoms with Gasteiger partial charge in [0.1, 0.15) is 17.5 Å². The molecular formula is C24H26ClFN4O5. The zero-order chi connectivity index (χ0) is 25.3. The summed E-state index contributed by atoms with van der Waals surface area (Å²) in [6, 6.07) is 4.37. The summed E-state index contributed by atoms with van der Waals surface area (Å²) in [5.41, 5.74) is -1.53. The molecule has 0 unspecified atom stereocenters. The molecule has 0 radical (unpaired) electrons. The van der Waals surface area contributed by atoms with Crippen LogP contribution in [0.1, 0.15) is 45.7 Å². The second-order valence-electron chi connectivity index (χ2n) is 8.49. The number of amides is 2. The number of halogens is 2. The van der Waals surface area contributed by atoms with Crippen molar-refractivity contribution in [1.82, 2.24) is 14.9 Å². The normalized spacial score (nSPS) is 19.9. The lowest BCUT2D eigenvalue weighted by molar-refractivity contribution is 0.0124. The van der Waals surface area contributed by atoms with E-state index in [1.807, 2.05) is 0 Å². The second kappa shape index (κ2) is 10.1. The molecule has 2 aliphatic heterocycles. The van der Waals surface area contributed by atoms with E-state index in [9.17, 15) is 23.9 Å². The van der Waals surface area contributed by atoms with Crippen LogP contribution in [0.2, 0.25) is 5.02 Å². The molecule has 2 aliphatic rings. The van der Waals surface area contributed by atoms with E-state index in [-0.39, 0.29) is 28.9 Å². The van der Waals surface area contributed by atoms with E-state index in [0.29, 0.717) is 13.2 Å². The van der Waals surface area contributed by atoms with Gasteiger partial charge in [-0.15, -0.1) is 0 Å². The Hall–Kier alpha value is -3.37. The van der Waals surface area contributed by atoms with Crippen molar-refractivity contribution in [3.05, 3.63) is 74.9 Å². The van der Waals surface area contributed by atoms with Gasteiger partial charge in [0.15, 0.2) is 11.4 Å². The first-order valence-electron chi connectivity index (χ1n) is 11.2. The standard InChI is InChI=1S/C24H26ClFN4O5/c1-3-18-28(2)24(34)20-22(32)21(31)16(13-30(20)29(18)12-15-8-4-5-10-35-15)23(33)27-11-14-7-6-9-17(25)19(14)26/h3,6-7,9,13,15,18,32H,1,4-5,8,10-12H2,2H3,(H,27,33)/t15-,18-/m0/s1. The Kier molecular flexibility index (Phi) is 7.13. The quantitative estimate of drug-likeness (QED) is 0.585. The third-order valence-electron chi connectivity index (χ3n) is 6.26. The minimum Gasteiger partial charge on any atom is -0.502 e. The predicted molar refractivity (Wildman–Crippen MR) is 128 cm³/mol. The summed E-state index contributed by atoms with van der Waals surface area (Å²) < 4.78 is 21.4. The van der Waals surface area contributed by atoms with E-state index < -0.39 is 40.5 Å². The van der Waals surface area contributed by atoms with Gasteiger partial charge in [-0.25, -0.2) is 4.39 Å². The topological polar surface area (TPSA) is 104 Å². The van der Waals surface area contributed by atoms with Crippen molar-refractivity contribution in [2.45, 2.75) is 38.1 Å². The molecule has 2 amide bonds. The minimum absolute atomic E-state index is 0.0954. The van der Waals surface area contributed by atoms with Crippen LogP contribution in [0.3, 0.4) is 0 Å². The lowest BCUT2D eigenvalue weighted by Gasteiger charge is -2.45. The number of aromatic hydroxyl groups is 1. The lowest BCUT2D eigenvalue weighted by atomic mass is 10.1. The number of carbonyl (C=O) groups excluding carboxylic acids is 2. The van der Waals surface area contributed by atoms with Crippen LogP contribution in [0.5, 0.6) is 5.75 Å². The summed E-state index contributed by atoms with van der Waals surface area (Å²) in [6.07, 6.45) is 4.76. The third kappa shape index (κ3) is 4.63. The van der Waals surface area contributed by atoms with Gasteiger partial charge < -0.3 is 20.1 Å². The van der Waals surface area contributed by atoms with Crippen LogP contribution in [-0.2, 0) is 11.3 Å². The molecule has 0 spiro atoms. The second-order valence-corrected chi connectivity index (χ2v) is 8.89. The molecule has 1 saturated heterocycles. The summed E-state index contributed by atoms with van der Waals surface area (Å²) in [4.78, 5) is 40.1. The Balaban J connectivity index is 1.71. The van der Waals surface area contributed by atoms with Crippen LogP contribution in [-0.4, -0.2) is 59.0 Å². The Morgan fingerprint density at radius 1 is 1.37 bits per heavy atom. The van der Waals surface area contributed by atoms with Gasteiger partial charge in [0.25, 0.3) is 11.8 Å². The number of nitrogens with zero attached hydrogens (tertiary/aromatic N) is 3. The van der Waals surface area contributed by atoms with E-state index in [0.717, 1.165) is 19.3 Å². The fourth-order valence-corrected chi connectivity index (χ4v) is 4.55. The molecule has 186 valence electrons. The van der Waals surface area contributed by atoms with Crippen LogP contribution in [0.4, 0.5) is 4.39 Å². The number of likely N-dealkylation sites (N-methyl/N-ethyl adjacent to an activating group) is 1. The molecule has 0 bridgehead atoms. The summed E-state index contributed by atoms with van der Waals surface area (Å²) >= 11 is 5.79. The van der Waals surface area contributed by atoms with Crippen molar-refractivity contribution in [2.75, 3.05) is 25.2 Å². The van der Waals surface area contributed by atoms with Crippen LogP contribution in [0.15, 0.2) is 41.8 Å². The molecule has 3 heterocycles. The van der Waals surface area contributed by atoms with Gasteiger partial charge >= 0.3 is 0 Å². The van der Waals surface area contributed by atoms with Gasteiger partial charge in [0.2, 0.25) is 5.43 Å². The fraction of sp³-hybridized carbons (Fsp3) is 0.375. The molecule has 4 rings (SSSR count). The number of aromatic nitrogens is 1. The number of hydrogen-bond donors (Lipinski definition) is 2. The predicted octanol–water partition coefficient (Wildman–Crippen LogP) is 2.38. The molecule has 2 aromatic rings. The molecule has 9 nitrogen and oxygen atoms in total. The van der Waals surface area contributed by atoms with E-state index in [4.69, 9.17) is 16.3 Å². The highest BCUT2D eigenvalue weighted by atomic mass is 35.5. The Morgan fingerprint density at radius 3 is 2.83 bits per heavy atom. The molecule has 35 heavy (non-hydrogen) atoms. The van der Waals surface area contributed by atoms with E-state index in [1.165, 1.54) is 41.0 Å². The molecule has 11 heteroatoms. The highest BCUT2D eigenvalue weighted by molar-refractivity contribution is 6.30. The molecule has 0 saturated carbocycles. The fourth-order valence-electron chi connectivity index (χ4n) is 4.36. The highest BCUT2D eigenvalue weighted by Gasteiger charge is 2.38.